The largest absolute Gasteiger partial charge is 0.317 e. The minimum atomic E-state index is 0.175. The van der Waals surface area contributed by atoms with Crippen LogP contribution in [0.2, 0.25) is 0 Å². The Balaban J connectivity index is 2.17. The predicted molar refractivity (Wildman–Crippen MR) is 74.7 cm³/mol. The zero-order valence-corrected chi connectivity index (χ0v) is 11.2. The van der Waals surface area contributed by atoms with Gasteiger partial charge in [0.1, 0.15) is 0 Å². The fraction of sp³-hybridized carbons (Fsp3) is 0.533. The number of rotatable bonds is 3. The molecular formula is C15H22N2O. The fourth-order valence-corrected chi connectivity index (χ4v) is 2.53. The lowest BCUT2D eigenvalue weighted by atomic mass is 9.95. The van der Waals surface area contributed by atoms with E-state index < -0.39 is 0 Å². The molecule has 3 nitrogen and oxygen atoms in total. The Labute approximate surface area is 109 Å². The first kappa shape index (κ1) is 13.1. The number of nitrogens with one attached hydrogen (secondary N) is 1. The summed E-state index contributed by atoms with van der Waals surface area (Å²) >= 11 is 0. The van der Waals surface area contributed by atoms with Crippen LogP contribution < -0.4 is 10.2 Å². The van der Waals surface area contributed by atoms with Crippen LogP contribution >= 0.6 is 0 Å². The van der Waals surface area contributed by atoms with Crippen LogP contribution in [0.1, 0.15) is 26.7 Å². The highest BCUT2D eigenvalue weighted by Crippen LogP contribution is 2.23. The van der Waals surface area contributed by atoms with E-state index in [2.05, 4.69) is 19.2 Å². The van der Waals surface area contributed by atoms with Crippen LogP contribution in [0.25, 0.3) is 0 Å². The van der Waals surface area contributed by atoms with E-state index in [1.54, 1.807) is 0 Å². The molecule has 0 saturated carbocycles. The average Bonchev–Trinajstić information content (AvgIpc) is 2.40. The van der Waals surface area contributed by atoms with Gasteiger partial charge in [-0.05, 0) is 51.9 Å². The van der Waals surface area contributed by atoms with E-state index >= 15 is 0 Å². The van der Waals surface area contributed by atoms with Gasteiger partial charge < -0.3 is 10.2 Å². The van der Waals surface area contributed by atoms with Gasteiger partial charge in [-0.3, -0.25) is 4.79 Å². The van der Waals surface area contributed by atoms with E-state index in [1.807, 2.05) is 35.2 Å². The lowest BCUT2D eigenvalue weighted by Crippen LogP contribution is -2.44. The van der Waals surface area contributed by atoms with E-state index in [4.69, 9.17) is 0 Å². The van der Waals surface area contributed by atoms with Crippen molar-refractivity contribution in [3.8, 4) is 0 Å². The normalized spacial score (nSPS) is 16.8. The second-order valence-electron chi connectivity index (χ2n) is 5.16. The van der Waals surface area contributed by atoms with Crippen LogP contribution in [0.3, 0.4) is 0 Å². The number of benzene rings is 1. The Hall–Kier alpha value is -1.35. The molecule has 0 spiro atoms. The minimum Gasteiger partial charge on any atom is -0.317 e. The second-order valence-corrected chi connectivity index (χ2v) is 5.16. The average molecular weight is 246 g/mol. The molecular weight excluding hydrogens is 224 g/mol. The Morgan fingerprint density at radius 1 is 1.22 bits per heavy atom. The Morgan fingerprint density at radius 2 is 1.83 bits per heavy atom. The molecule has 0 radical (unpaired) electrons. The number of anilines is 1. The molecule has 1 aromatic carbocycles. The first-order valence-corrected chi connectivity index (χ1v) is 6.79. The summed E-state index contributed by atoms with van der Waals surface area (Å²) in [6, 6.07) is 10.2. The van der Waals surface area contributed by atoms with Crippen molar-refractivity contribution in [1.82, 2.24) is 5.32 Å². The van der Waals surface area contributed by atoms with Crippen LogP contribution in [0.5, 0.6) is 0 Å². The Bertz CT molecular complexity index is 383. The minimum absolute atomic E-state index is 0.175. The quantitative estimate of drug-likeness (QED) is 0.888. The molecule has 18 heavy (non-hydrogen) atoms. The first-order chi connectivity index (χ1) is 8.70. The molecule has 1 aliphatic heterocycles. The monoisotopic (exact) mass is 246 g/mol. The first-order valence-electron chi connectivity index (χ1n) is 6.79. The fourth-order valence-electron chi connectivity index (χ4n) is 2.53. The van der Waals surface area contributed by atoms with E-state index in [0.29, 0.717) is 0 Å². The summed E-state index contributed by atoms with van der Waals surface area (Å²) in [7, 11) is 0. The number of amides is 1. The van der Waals surface area contributed by atoms with E-state index in [-0.39, 0.29) is 17.9 Å². The van der Waals surface area contributed by atoms with Gasteiger partial charge in [-0.2, -0.15) is 0 Å². The van der Waals surface area contributed by atoms with E-state index in [1.165, 1.54) is 0 Å². The third-order valence-corrected chi connectivity index (χ3v) is 3.48. The highest BCUT2D eigenvalue weighted by molar-refractivity contribution is 5.95. The Morgan fingerprint density at radius 3 is 2.39 bits per heavy atom. The maximum Gasteiger partial charge on any atom is 0.230 e. The molecule has 3 heteroatoms. The maximum atomic E-state index is 12.6. The summed E-state index contributed by atoms with van der Waals surface area (Å²) in [6.45, 7) is 6.06. The molecule has 0 bridgehead atoms. The number of hydrogen-bond acceptors (Lipinski definition) is 2. The predicted octanol–water partition coefficient (Wildman–Crippen LogP) is 2.43. The van der Waals surface area contributed by atoms with Crippen LogP contribution in [0, 0.1) is 5.92 Å². The van der Waals surface area contributed by atoms with Crippen molar-refractivity contribution in [2.45, 2.75) is 32.7 Å². The molecule has 1 saturated heterocycles. The SMILES string of the molecule is CC(C)N(C(=O)C1CCNCC1)c1ccccc1. The number of hydrogen-bond donors (Lipinski definition) is 1. The highest BCUT2D eigenvalue weighted by atomic mass is 16.2. The standard InChI is InChI=1S/C15H22N2O/c1-12(2)17(14-6-4-3-5-7-14)15(18)13-8-10-16-11-9-13/h3-7,12-13,16H,8-11H2,1-2H3. The zero-order chi connectivity index (χ0) is 13.0. The zero-order valence-electron chi connectivity index (χ0n) is 11.2. The molecule has 2 rings (SSSR count). The number of para-hydroxylation sites is 1. The summed E-state index contributed by atoms with van der Waals surface area (Å²) in [4.78, 5) is 14.6. The molecule has 1 N–H and O–H groups in total. The van der Waals surface area contributed by atoms with Gasteiger partial charge in [-0.15, -0.1) is 0 Å². The van der Waals surface area contributed by atoms with Crippen molar-refractivity contribution in [2.24, 2.45) is 5.92 Å². The van der Waals surface area contributed by atoms with Crippen molar-refractivity contribution in [3.05, 3.63) is 30.3 Å². The molecule has 1 amide bonds. The molecule has 1 heterocycles. The topological polar surface area (TPSA) is 32.3 Å². The number of carbonyl (C=O) groups is 1. The molecule has 1 aliphatic rings. The summed E-state index contributed by atoms with van der Waals surface area (Å²) in [6.07, 6.45) is 1.91. The van der Waals surface area contributed by atoms with Crippen molar-refractivity contribution in [3.63, 3.8) is 0 Å². The van der Waals surface area contributed by atoms with Crippen LogP contribution in [0.4, 0.5) is 5.69 Å². The van der Waals surface area contributed by atoms with Gasteiger partial charge in [0, 0.05) is 17.6 Å². The third-order valence-electron chi connectivity index (χ3n) is 3.48. The number of nitrogens with zero attached hydrogens (tertiary/aromatic N) is 1. The van der Waals surface area contributed by atoms with Gasteiger partial charge in [0.15, 0.2) is 0 Å². The van der Waals surface area contributed by atoms with Crippen molar-refractivity contribution < 1.29 is 4.79 Å². The van der Waals surface area contributed by atoms with Crippen LogP contribution in [-0.4, -0.2) is 25.0 Å². The number of carbonyl (C=O) groups excluding carboxylic acids is 1. The summed E-state index contributed by atoms with van der Waals surface area (Å²) < 4.78 is 0. The lowest BCUT2D eigenvalue weighted by Gasteiger charge is -2.32. The van der Waals surface area contributed by atoms with E-state index in [9.17, 15) is 4.79 Å². The molecule has 1 fully saturated rings. The van der Waals surface area contributed by atoms with E-state index in [0.717, 1.165) is 31.6 Å². The second kappa shape index (κ2) is 6.01. The highest BCUT2D eigenvalue weighted by Gasteiger charge is 2.28. The Kier molecular flexibility index (Phi) is 4.37. The third kappa shape index (κ3) is 2.91. The summed E-state index contributed by atoms with van der Waals surface area (Å²) in [5.41, 5.74) is 1.01. The van der Waals surface area contributed by atoms with Gasteiger partial charge in [-0.1, -0.05) is 18.2 Å². The lowest BCUT2D eigenvalue weighted by molar-refractivity contribution is -0.123. The maximum absolute atomic E-state index is 12.6. The van der Waals surface area contributed by atoms with Crippen LogP contribution in [0.15, 0.2) is 30.3 Å². The van der Waals surface area contributed by atoms with Gasteiger partial charge in [0.2, 0.25) is 5.91 Å². The molecule has 0 unspecified atom stereocenters. The molecule has 1 aromatic rings. The van der Waals surface area contributed by atoms with Gasteiger partial charge in [0.25, 0.3) is 0 Å². The van der Waals surface area contributed by atoms with Crippen molar-refractivity contribution in [1.29, 1.82) is 0 Å². The summed E-state index contributed by atoms with van der Waals surface area (Å²) in [5.74, 6) is 0.451. The van der Waals surface area contributed by atoms with Crippen molar-refractivity contribution in [2.75, 3.05) is 18.0 Å². The molecule has 98 valence electrons. The van der Waals surface area contributed by atoms with Gasteiger partial charge in [0.05, 0.1) is 0 Å². The van der Waals surface area contributed by atoms with Gasteiger partial charge in [-0.25, -0.2) is 0 Å². The summed E-state index contributed by atoms with van der Waals surface area (Å²) in [5, 5.41) is 3.31. The molecule has 0 aromatic heterocycles. The van der Waals surface area contributed by atoms with Crippen LogP contribution in [-0.2, 0) is 4.79 Å². The molecule has 0 atom stereocenters. The van der Waals surface area contributed by atoms with Gasteiger partial charge >= 0.3 is 0 Å². The number of piperidine rings is 1. The molecule has 0 aliphatic carbocycles. The van der Waals surface area contributed by atoms with Crippen molar-refractivity contribution >= 4 is 11.6 Å². The smallest absolute Gasteiger partial charge is 0.230 e.